The third-order valence-corrected chi connectivity index (χ3v) is 8.72. The lowest BCUT2D eigenvalue weighted by molar-refractivity contribution is -0.114. The maximum absolute atomic E-state index is 12.0. The first kappa shape index (κ1) is 29.2. The van der Waals surface area contributed by atoms with Gasteiger partial charge in [0.2, 0.25) is 0 Å². The summed E-state index contributed by atoms with van der Waals surface area (Å²) < 4.78 is 17.0. The Morgan fingerprint density at radius 2 is 1.34 bits per heavy atom. The maximum Gasteiger partial charge on any atom is 0.193 e. The van der Waals surface area contributed by atoms with Gasteiger partial charge in [-0.1, -0.05) is 18.7 Å². The predicted molar refractivity (Wildman–Crippen MR) is 128 cm³/mol. The summed E-state index contributed by atoms with van der Waals surface area (Å²) in [5, 5.41) is 0.161. The van der Waals surface area contributed by atoms with Gasteiger partial charge in [-0.15, -0.1) is 0 Å². The number of carbonyl (C=O) groups excluding carboxylic acids is 1. The number of thioether (sulfide) groups is 1. The van der Waals surface area contributed by atoms with E-state index in [2.05, 4.69) is 64.7 Å². The summed E-state index contributed by atoms with van der Waals surface area (Å²) in [5.74, 6) is 0.641. The fraction of sp³-hybridized carbons (Fsp3) is 0.952. The van der Waals surface area contributed by atoms with Crippen molar-refractivity contribution in [1.29, 1.82) is 0 Å². The Kier molecular flexibility index (Phi) is 15.2. The molecular weight excluding hydrogens is 405 g/mol. The normalized spacial score (nSPS) is 15.0. The van der Waals surface area contributed by atoms with Crippen LogP contribution in [0.4, 0.5) is 0 Å². The van der Waals surface area contributed by atoms with Gasteiger partial charge in [-0.2, -0.15) is 0 Å². The molecule has 0 spiro atoms. The van der Waals surface area contributed by atoms with Gasteiger partial charge in [0.1, 0.15) is 0 Å². The molecule has 0 aromatic rings. The van der Waals surface area contributed by atoms with Crippen LogP contribution in [0, 0.1) is 5.92 Å². The first-order valence-corrected chi connectivity index (χ1v) is 13.1. The zero-order valence-electron chi connectivity index (χ0n) is 20.3. The molecule has 174 valence electrons. The van der Waals surface area contributed by atoms with E-state index in [-0.39, 0.29) is 23.9 Å². The molecule has 2 N–H and O–H groups in total. The van der Waals surface area contributed by atoms with Crippen molar-refractivity contribution in [3.05, 3.63) is 0 Å². The lowest BCUT2D eigenvalue weighted by Gasteiger charge is -2.45. The zero-order valence-corrected chi connectivity index (χ0v) is 22.1. The van der Waals surface area contributed by atoms with Crippen molar-refractivity contribution in [1.82, 2.24) is 9.34 Å². The van der Waals surface area contributed by atoms with Crippen LogP contribution in [0.3, 0.4) is 0 Å². The van der Waals surface area contributed by atoms with Crippen LogP contribution in [-0.4, -0.2) is 63.8 Å². The van der Waals surface area contributed by atoms with Crippen molar-refractivity contribution in [3.8, 4) is 0 Å². The summed E-state index contributed by atoms with van der Waals surface area (Å²) in [6, 6.07) is 1.44. The number of hydrogen-bond acceptors (Lipinski definition) is 7. The smallest absolute Gasteiger partial charge is 0.193 e. The van der Waals surface area contributed by atoms with Gasteiger partial charge in [-0.3, -0.25) is 4.79 Å². The van der Waals surface area contributed by atoms with Gasteiger partial charge < -0.3 is 15.0 Å². The molecule has 0 aliphatic carbocycles. The standard InChI is InChI=1S/C21H46N3O3PS/c1-15(2)23(16(3)4)28(24(17(5)6)18(7)8)27-14-26-12-11-13-29-21(25)19(9)20(10)22/h15-20H,11-14,22H2,1-10H3. The fourth-order valence-corrected chi connectivity index (χ4v) is 6.25. The fourth-order valence-electron chi connectivity index (χ4n) is 3.06. The van der Waals surface area contributed by atoms with Crippen molar-refractivity contribution < 1.29 is 14.1 Å². The highest BCUT2D eigenvalue weighted by molar-refractivity contribution is 8.13. The topological polar surface area (TPSA) is 68.0 Å². The van der Waals surface area contributed by atoms with Crippen LogP contribution in [0.15, 0.2) is 0 Å². The number of ether oxygens (including phenoxy) is 1. The molecular formula is C21H46N3O3PS. The Bertz CT molecular complexity index is 415. The second-order valence-corrected chi connectivity index (χ2v) is 11.5. The van der Waals surface area contributed by atoms with Gasteiger partial charge in [-0.25, -0.2) is 9.34 Å². The van der Waals surface area contributed by atoms with E-state index in [1.165, 1.54) is 11.8 Å². The van der Waals surface area contributed by atoms with Crippen molar-refractivity contribution in [2.45, 2.75) is 106 Å². The first-order valence-electron chi connectivity index (χ1n) is 10.9. The second kappa shape index (κ2) is 15.1. The van der Waals surface area contributed by atoms with Crippen LogP contribution in [0.25, 0.3) is 0 Å². The van der Waals surface area contributed by atoms with E-state index in [4.69, 9.17) is 15.0 Å². The lowest BCUT2D eigenvalue weighted by Crippen LogP contribution is -2.43. The summed E-state index contributed by atoms with van der Waals surface area (Å²) in [7, 11) is -0.928. The predicted octanol–water partition coefficient (Wildman–Crippen LogP) is 5.07. The van der Waals surface area contributed by atoms with Crippen molar-refractivity contribution in [3.63, 3.8) is 0 Å². The van der Waals surface area contributed by atoms with Crippen molar-refractivity contribution in [2.75, 3.05) is 19.2 Å². The lowest BCUT2D eigenvalue weighted by atomic mass is 10.1. The van der Waals surface area contributed by atoms with Gasteiger partial charge in [0.25, 0.3) is 0 Å². The number of nitrogens with zero attached hydrogens (tertiary/aromatic N) is 2. The summed E-state index contributed by atoms with van der Waals surface area (Å²) in [5.41, 5.74) is 5.79. The van der Waals surface area contributed by atoms with E-state index >= 15 is 0 Å². The molecule has 8 heteroatoms. The van der Waals surface area contributed by atoms with E-state index in [1.807, 2.05) is 13.8 Å². The molecule has 0 aromatic carbocycles. The highest BCUT2D eigenvalue weighted by atomic mass is 32.2. The van der Waals surface area contributed by atoms with Gasteiger partial charge in [0, 0.05) is 41.9 Å². The van der Waals surface area contributed by atoms with Gasteiger partial charge in [0.05, 0.1) is 6.61 Å². The summed E-state index contributed by atoms with van der Waals surface area (Å²) >= 11 is 1.35. The number of hydrogen-bond donors (Lipinski definition) is 1. The SMILES string of the molecule is CC(N)C(C)C(=O)SCCCOCOP(N(C(C)C)C(C)C)N(C(C)C)C(C)C. The molecule has 0 bridgehead atoms. The van der Waals surface area contributed by atoms with Crippen LogP contribution in [0.2, 0.25) is 0 Å². The minimum absolute atomic E-state index is 0.103. The first-order chi connectivity index (χ1) is 13.4. The summed E-state index contributed by atoms with van der Waals surface area (Å²) in [6.07, 6.45) is 0.819. The number of carbonyl (C=O) groups is 1. The molecule has 0 aliphatic rings. The zero-order chi connectivity index (χ0) is 22.7. The third-order valence-electron chi connectivity index (χ3n) is 4.60. The molecule has 2 unspecified atom stereocenters. The van der Waals surface area contributed by atoms with Crippen LogP contribution in [0.5, 0.6) is 0 Å². The van der Waals surface area contributed by atoms with Crippen molar-refractivity contribution >= 4 is 25.3 Å². The summed E-state index contributed by atoms with van der Waals surface area (Å²) in [6.45, 7) is 22.4. The van der Waals surface area contributed by atoms with E-state index in [1.54, 1.807) is 0 Å². The molecule has 29 heavy (non-hydrogen) atoms. The molecule has 0 radical (unpaired) electrons. The van der Waals surface area contributed by atoms with Gasteiger partial charge >= 0.3 is 0 Å². The average Bonchev–Trinajstić information content (AvgIpc) is 2.58. The maximum atomic E-state index is 12.0. The van der Waals surface area contributed by atoms with Crippen molar-refractivity contribution in [2.24, 2.45) is 11.7 Å². The number of nitrogens with two attached hydrogens (primary N) is 1. The van der Waals surface area contributed by atoms with Gasteiger partial charge in [0.15, 0.2) is 20.4 Å². The minimum atomic E-state index is -0.928. The van der Waals surface area contributed by atoms with E-state index in [9.17, 15) is 4.79 Å². The Labute approximate surface area is 185 Å². The average molecular weight is 452 g/mol. The Morgan fingerprint density at radius 3 is 1.72 bits per heavy atom. The molecule has 0 fully saturated rings. The molecule has 0 amide bonds. The molecule has 0 rings (SSSR count). The summed E-state index contributed by atoms with van der Waals surface area (Å²) in [4.78, 5) is 12.0. The van der Waals surface area contributed by atoms with E-state index in [0.717, 1.165) is 12.2 Å². The Hall–Kier alpha value is 0.250. The van der Waals surface area contributed by atoms with E-state index < -0.39 is 8.45 Å². The molecule has 0 heterocycles. The van der Waals surface area contributed by atoms with Crippen LogP contribution < -0.4 is 5.73 Å². The number of rotatable bonds is 15. The molecule has 0 saturated carbocycles. The Balaban J connectivity index is 4.63. The molecule has 0 aromatic heterocycles. The minimum Gasteiger partial charge on any atom is -0.355 e. The molecule has 2 atom stereocenters. The van der Waals surface area contributed by atoms with Crippen LogP contribution in [0.1, 0.15) is 75.7 Å². The second-order valence-electron chi connectivity index (χ2n) is 8.71. The highest BCUT2D eigenvalue weighted by Gasteiger charge is 2.34. The third kappa shape index (κ3) is 10.9. The molecule has 0 aliphatic heterocycles. The van der Waals surface area contributed by atoms with Crippen LogP contribution in [-0.2, 0) is 14.1 Å². The van der Waals surface area contributed by atoms with E-state index in [0.29, 0.717) is 30.8 Å². The Morgan fingerprint density at radius 1 is 0.897 bits per heavy atom. The van der Waals surface area contributed by atoms with Crippen LogP contribution >= 0.6 is 20.2 Å². The highest BCUT2D eigenvalue weighted by Crippen LogP contribution is 2.50. The monoisotopic (exact) mass is 451 g/mol. The molecule has 0 saturated heterocycles. The largest absolute Gasteiger partial charge is 0.355 e. The van der Waals surface area contributed by atoms with Gasteiger partial charge in [-0.05, 0) is 68.7 Å². The quantitative estimate of drug-likeness (QED) is 0.212. The molecule has 6 nitrogen and oxygen atoms in total.